The van der Waals surface area contributed by atoms with Gasteiger partial charge in [0.25, 0.3) is 0 Å². The number of nitrogens with zero attached hydrogens (tertiary/aromatic N) is 2. The van der Waals surface area contributed by atoms with Gasteiger partial charge in [0, 0.05) is 11.3 Å². The molecule has 1 aliphatic rings. The van der Waals surface area contributed by atoms with Crippen molar-refractivity contribution >= 4 is 22.9 Å². The predicted molar refractivity (Wildman–Crippen MR) is 64.6 cm³/mol. The van der Waals surface area contributed by atoms with Crippen molar-refractivity contribution in [3.63, 3.8) is 0 Å². The van der Waals surface area contributed by atoms with Crippen molar-refractivity contribution in [1.82, 2.24) is 4.98 Å². The number of amides is 1. The molecule has 0 unspecified atom stereocenters. The van der Waals surface area contributed by atoms with Gasteiger partial charge in [-0.3, -0.25) is 4.79 Å². The lowest BCUT2D eigenvalue weighted by Crippen LogP contribution is -2.03. The van der Waals surface area contributed by atoms with Crippen LogP contribution in [-0.2, 0) is 11.2 Å². The summed E-state index contributed by atoms with van der Waals surface area (Å²) in [5.74, 6) is 0.0101. The number of nitrogens with one attached hydrogen (secondary N) is 1. The van der Waals surface area contributed by atoms with Gasteiger partial charge in [-0.1, -0.05) is 6.07 Å². The quantitative estimate of drug-likeness (QED) is 0.832. The second-order valence-electron chi connectivity index (χ2n) is 3.74. The van der Waals surface area contributed by atoms with Crippen molar-refractivity contribution in [2.45, 2.75) is 6.42 Å². The molecule has 1 aromatic carbocycles. The number of carbonyl (C=O) groups is 1. The SMILES string of the molecule is N#Cc1scnc1-c1ccc2c(c1)CC(=O)N2. The Hall–Kier alpha value is -2.19. The fraction of sp³-hybridized carbons (Fsp3) is 0.0833. The fourth-order valence-electron chi connectivity index (χ4n) is 1.91. The topological polar surface area (TPSA) is 65.8 Å². The number of hydrogen-bond acceptors (Lipinski definition) is 4. The Labute approximate surface area is 102 Å². The van der Waals surface area contributed by atoms with Gasteiger partial charge in [-0.25, -0.2) is 4.98 Å². The summed E-state index contributed by atoms with van der Waals surface area (Å²) >= 11 is 1.32. The van der Waals surface area contributed by atoms with Crippen molar-refractivity contribution in [3.8, 4) is 17.3 Å². The molecule has 1 amide bonds. The molecule has 1 aromatic heterocycles. The lowest BCUT2D eigenvalue weighted by atomic mass is 10.1. The van der Waals surface area contributed by atoms with Gasteiger partial charge in [0.15, 0.2) is 0 Å². The fourth-order valence-corrected chi connectivity index (χ4v) is 2.51. The summed E-state index contributed by atoms with van der Waals surface area (Å²) in [7, 11) is 0. The number of benzene rings is 1. The second-order valence-corrected chi connectivity index (χ2v) is 4.59. The first-order valence-corrected chi connectivity index (χ1v) is 5.92. The van der Waals surface area contributed by atoms with Crippen LogP contribution in [0.2, 0.25) is 0 Å². The monoisotopic (exact) mass is 241 g/mol. The summed E-state index contributed by atoms with van der Waals surface area (Å²) in [5, 5.41) is 11.7. The molecule has 82 valence electrons. The molecule has 0 fully saturated rings. The van der Waals surface area contributed by atoms with Gasteiger partial charge in [0.2, 0.25) is 5.91 Å². The molecule has 0 saturated heterocycles. The summed E-state index contributed by atoms with van der Waals surface area (Å²) < 4.78 is 0. The lowest BCUT2D eigenvalue weighted by Gasteiger charge is -2.01. The number of nitriles is 1. The zero-order valence-corrected chi connectivity index (χ0v) is 9.54. The van der Waals surface area contributed by atoms with E-state index in [1.54, 1.807) is 5.51 Å². The Kier molecular flexibility index (Phi) is 2.16. The third kappa shape index (κ3) is 1.59. The first-order valence-electron chi connectivity index (χ1n) is 5.04. The number of carbonyl (C=O) groups excluding carboxylic acids is 1. The van der Waals surface area contributed by atoms with Crippen LogP contribution in [0.4, 0.5) is 5.69 Å². The Morgan fingerprint density at radius 3 is 3.18 bits per heavy atom. The summed E-state index contributed by atoms with van der Waals surface area (Å²) in [6.07, 6.45) is 0.398. The van der Waals surface area contributed by atoms with Crippen LogP contribution < -0.4 is 5.32 Å². The number of rotatable bonds is 1. The van der Waals surface area contributed by atoms with E-state index in [-0.39, 0.29) is 5.91 Å². The van der Waals surface area contributed by atoms with E-state index in [1.807, 2.05) is 18.2 Å². The van der Waals surface area contributed by atoms with Gasteiger partial charge in [-0.15, -0.1) is 11.3 Å². The molecule has 0 saturated carbocycles. The molecule has 2 aromatic rings. The van der Waals surface area contributed by atoms with Crippen LogP contribution in [0.15, 0.2) is 23.7 Å². The van der Waals surface area contributed by atoms with E-state index in [2.05, 4.69) is 16.4 Å². The Morgan fingerprint density at radius 1 is 1.47 bits per heavy atom. The van der Waals surface area contributed by atoms with Gasteiger partial charge < -0.3 is 5.32 Å². The van der Waals surface area contributed by atoms with Crippen LogP contribution in [0.1, 0.15) is 10.4 Å². The molecule has 4 nitrogen and oxygen atoms in total. The highest BCUT2D eigenvalue weighted by atomic mass is 32.1. The van der Waals surface area contributed by atoms with Crippen LogP contribution in [-0.4, -0.2) is 10.9 Å². The maximum Gasteiger partial charge on any atom is 0.228 e. The van der Waals surface area contributed by atoms with Gasteiger partial charge in [0.1, 0.15) is 10.9 Å². The molecule has 3 rings (SSSR count). The highest BCUT2D eigenvalue weighted by molar-refractivity contribution is 7.10. The van der Waals surface area contributed by atoms with Crippen LogP contribution in [0.5, 0.6) is 0 Å². The molecule has 0 bridgehead atoms. The maximum absolute atomic E-state index is 11.2. The number of hydrogen-bond donors (Lipinski definition) is 1. The molecule has 5 heteroatoms. The number of aromatic nitrogens is 1. The predicted octanol–water partition coefficient (Wildman–Crippen LogP) is 2.18. The molecule has 17 heavy (non-hydrogen) atoms. The summed E-state index contributed by atoms with van der Waals surface area (Å²) in [6, 6.07) is 7.78. The van der Waals surface area contributed by atoms with Crippen molar-refractivity contribution in [2.24, 2.45) is 0 Å². The standard InChI is InChI=1S/C12H7N3OS/c13-5-10-12(14-6-17-10)7-1-2-9-8(3-7)4-11(16)15-9/h1-3,6H,4H2,(H,15,16). The van der Waals surface area contributed by atoms with E-state index in [0.717, 1.165) is 16.8 Å². The Morgan fingerprint density at radius 2 is 2.35 bits per heavy atom. The van der Waals surface area contributed by atoms with Crippen molar-refractivity contribution < 1.29 is 4.79 Å². The number of thiazole rings is 1. The first-order chi connectivity index (χ1) is 8.28. The summed E-state index contributed by atoms with van der Waals surface area (Å²) in [6.45, 7) is 0. The van der Waals surface area contributed by atoms with Crippen molar-refractivity contribution in [1.29, 1.82) is 5.26 Å². The molecular formula is C12H7N3OS. The van der Waals surface area contributed by atoms with Crippen LogP contribution >= 0.6 is 11.3 Å². The third-order valence-electron chi connectivity index (χ3n) is 2.67. The molecule has 0 spiro atoms. The number of fused-ring (bicyclic) bond motifs is 1. The van der Waals surface area contributed by atoms with Gasteiger partial charge in [-0.2, -0.15) is 5.26 Å². The average molecular weight is 241 g/mol. The highest BCUT2D eigenvalue weighted by Gasteiger charge is 2.19. The van der Waals surface area contributed by atoms with Crippen molar-refractivity contribution in [2.75, 3.05) is 5.32 Å². The minimum atomic E-state index is 0.0101. The van der Waals surface area contributed by atoms with E-state index < -0.39 is 0 Å². The minimum Gasteiger partial charge on any atom is -0.326 e. The highest BCUT2D eigenvalue weighted by Crippen LogP contribution is 2.30. The van der Waals surface area contributed by atoms with E-state index >= 15 is 0 Å². The van der Waals surface area contributed by atoms with Crippen LogP contribution in [0.25, 0.3) is 11.3 Å². The second kappa shape index (κ2) is 3.68. The van der Waals surface area contributed by atoms with Crippen LogP contribution in [0.3, 0.4) is 0 Å². The van der Waals surface area contributed by atoms with Gasteiger partial charge in [0.05, 0.1) is 17.6 Å². The molecule has 0 aliphatic carbocycles. The van der Waals surface area contributed by atoms with E-state index in [9.17, 15) is 4.79 Å². The average Bonchev–Trinajstić information content (AvgIpc) is 2.91. The molecule has 2 heterocycles. The Balaban J connectivity index is 2.10. The molecular weight excluding hydrogens is 234 g/mol. The van der Waals surface area contributed by atoms with Crippen LogP contribution in [0, 0.1) is 11.3 Å². The van der Waals surface area contributed by atoms with E-state index in [1.165, 1.54) is 11.3 Å². The molecule has 0 atom stereocenters. The molecule has 1 N–H and O–H groups in total. The summed E-state index contributed by atoms with van der Waals surface area (Å²) in [4.78, 5) is 16.0. The van der Waals surface area contributed by atoms with E-state index in [0.29, 0.717) is 17.0 Å². The lowest BCUT2D eigenvalue weighted by molar-refractivity contribution is -0.115. The smallest absolute Gasteiger partial charge is 0.228 e. The first kappa shape index (κ1) is 10.00. The zero-order chi connectivity index (χ0) is 11.8. The number of anilines is 1. The largest absolute Gasteiger partial charge is 0.326 e. The minimum absolute atomic E-state index is 0.0101. The maximum atomic E-state index is 11.2. The van der Waals surface area contributed by atoms with Gasteiger partial charge >= 0.3 is 0 Å². The molecule has 0 radical (unpaired) electrons. The third-order valence-corrected chi connectivity index (χ3v) is 3.40. The van der Waals surface area contributed by atoms with E-state index in [4.69, 9.17) is 5.26 Å². The Bertz CT molecular complexity index is 654. The van der Waals surface area contributed by atoms with Gasteiger partial charge in [-0.05, 0) is 17.7 Å². The van der Waals surface area contributed by atoms with Crippen molar-refractivity contribution in [3.05, 3.63) is 34.2 Å². The summed E-state index contributed by atoms with van der Waals surface area (Å²) in [5.41, 5.74) is 5.06. The normalized spacial score (nSPS) is 13.0. The zero-order valence-electron chi connectivity index (χ0n) is 8.73. The molecule has 1 aliphatic heterocycles.